The number of ketones is 1. The molecular formula is C12H19NO2. The Hall–Kier alpha value is -0.410. The molecule has 0 saturated carbocycles. The van der Waals surface area contributed by atoms with Crippen LogP contribution in [-0.2, 0) is 9.53 Å². The second-order valence-corrected chi connectivity index (χ2v) is 5.16. The Morgan fingerprint density at radius 1 is 1.20 bits per heavy atom. The van der Waals surface area contributed by atoms with E-state index in [4.69, 9.17) is 4.74 Å². The molecule has 0 aliphatic carbocycles. The third-order valence-electron chi connectivity index (χ3n) is 4.14. The number of fused-ring (bicyclic) bond motifs is 2. The summed E-state index contributed by atoms with van der Waals surface area (Å²) in [5.74, 6) is 0.478. The van der Waals surface area contributed by atoms with Crippen LogP contribution in [0.2, 0.25) is 0 Å². The highest BCUT2D eigenvalue weighted by Gasteiger charge is 2.41. The normalized spacial score (nSPS) is 41.3. The van der Waals surface area contributed by atoms with E-state index in [9.17, 15) is 4.79 Å². The Balaban J connectivity index is 1.64. The quantitative estimate of drug-likeness (QED) is 0.687. The zero-order valence-electron chi connectivity index (χ0n) is 9.15. The smallest absolute Gasteiger partial charge is 0.136 e. The van der Waals surface area contributed by atoms with Crippen molar-refractivity contribution in [1.82, 2.24) is 4.90 Å². The van der Waals surface area contributed by atoms with E-state index < -0.39 is 0 Å². The van der Waals surface area contributed by atoms with Crippen molar-refractivity contribution in [3.63, 3.8) is 0 Å². The highest BCUT2D eigenvalue weighted by molar-refractivity contribution is 5.80. The molecule has 3 nitrogen and oxygen atoms in total. The number of nitrogens with zero attached hydrogens (tertiary/aromatic N) is 1. The number of rotatable bonds is 2. The lowest BCUT2D eigenvalue weighted by atomic mass is 10.0. The Morgan fingerprint density at radius 3 is 2.53 bits per heavy atom. The van der Waals surface area contributed by atoms with Gasteiger partial charge in [0.2, 0.25) is 0 Å². The van der Waals surface area contributed by atoms with Gasteiger partial charge < -0.3 is 4.74 Å². The maximum atomic E-state index is 11.4. The first-order valence-corrected chi connectivity index (χ1v) is 6.22. The van der Waals surface area contributed by atoms with Crippen molar-refractivity contribution in [1.29, 1.82) is 0 Å². The van der Waals surface area contributed by atoms with E-state index in [1.807, 2.05) is 0 Å². The summed E-state index contributed by atoms with van der Waals surface area (Å²) >= 11 is 0. The molecule has 2 bridgehead atoms. The molecule has 0 aromatic carbocycles. The topological polar surface area (TPSA) is 29.5 Å². The van der Waals surface area contributed by atoms with E-state index in [-0.39, 0.29) is 0 Å². The third kappa shape index (κ3) is 1.83. The van der Waals surface area contributed by atoms with Gasteiger partial charge >= 0.3 is 0 Å². The summed E-state index contributed by atoms with van der Waals surface area (Å²) < 4.78 is 5.68. The predicted octanol–water partition coefficient (Wildman–Crippen LogP) is 1.36. The maximum Gasteiger partial charge on any atom is 0.136 e. The molecule has 3 aliphatic rings. The van der Waals surface area contributed by atoms with Crippen molar-refractivity contribution in [2.45, 2.75) is 56.7 Å². The fourth-order valence-corrected chi connectivity index (χ4v) is 3.38. The average Bonchev–Trinajstić information content (AvgIpc) is 2.77. The average molecular weight is 209 g/mol. The lowest BCUT2D eigenvalue weighted by molar-refractivity contribution is -0.124. The maximum absolute atomic E-state index is 11.4. The predicted molar refractivity (Wildman–Crippen MR) is 56.7 cm³/mol. The first kappa shape index (κ1) is 9.79. The third-order valence-corrected chi connectivity index (χ3v) is 4.14. The molecule has 0 spiro atoms. The van der Waals surface area contributed by atoms with Gasteiger partial charge in [-0.3, -0.25) is 9.69 Å². The van der Waals surface area contributed by atoms with E-state index in [0.717, 1.165) is 26.0 Å². The van der Waals surface area contributed by atoms with Crippen LogP contribution in [0.15, 0.2) is 0 Å². The van der Waals surface area contributed by atoms with Crippen LogP contribution in [0.5, 0.6) is 0 Å². The van der Waals surface area contributed by atoms with Crippen molar-refractivity contribution in [2.75, 3.05) is 13.2 Å². The van der Waals surface area contributed by atoms with Crippen LogP contribution in [-0.4, -0.2) is 42.0 Å². The van der Waals surface area contributed by atoms with Gasteiger partial charge in [0, 0.05) is 38.1 Å². The van der Waals surface area contributed by atoms with E-state index in [1.54, 1.807) is 0 Å². The second kappa shape index (κ2) is 3.87. The van der Waals surface area contributed by atoms with Crippen LogP contribution in [0, 0.1) is 0 Å². The fraction of sp³-hybridized carbons (Fsp3) is 0.917. The summed E-state index contributed by atoms with van der Waals surface area (Å²) in [5.41, 5.74) is 0. The van der Waals surface area contributed by atoms with E-state index in [1.165, 1.54) is 25.7 Å². The summed E-state index contributed by atoms with van der Waals surface area (Å²) in [4.78, 5) is 14.0. The highest BCUT2D eigenvalue weighted by atomic mass is 16.5. The molecular weight excluding hydrogens is 190 g/mol. The highest BCUT2D eigenvalue weighted by Crippen LogP contribution is 2.34. The summed E-state index contributed by atoms with van der Waals surface area (Å²) in [6, 6.07) is 1.08. The Bertz CT molecular complexity index is 244. The largest absolute Gasteiger partial charge is 0.377 e. The van der Waals surface area contributed by atoms with E-state index in [0.29, 0.717) is 24.0 Å². The van der Waals surface area contributed by atoms with E-state index >= 15 is 0 Å². The number of ether oxygens (including phenoxy) is 1. The van der Waals surface area contributed by atoms with Crippen LogP contribution in [0.25, 0.3) is 0 Å². The lowest BCUT2D eigenvalue weighted by Gasteiger charge is -2.35. The summed E-state index contributed by atoms with van der Waals surface area (Å²) in [5, 5.41) is 0. The molecule has 3 unspecified atom stereocenters. The molecule has 15 heavy (non-hydrogen) atoms. The van der Waals surface area contributed by atoms with Gasteiger partial charge in [-0.05, 0) is 25.7 Å². The summed E-state index contributed by atoms with van der Waals surface area (Å²) in [6.45, 7) is 2.01. The fourth-order valence-electron chi connectivity index (χ4n) is 3.38. The Kier molecular flexibility index (Phi) is 2.53. The van der Waals surface area contributed by atoms with Crippen molar-refractivity contribution in [2.24, 2.45) is 0 Å². The SMILES string of the molecule is O=C1CC2CCC(C1)N2CC1CCCO1. The number of Topliss-reactive ketones (excluding diaryl/α,β-unsaturated/α-hetero) is 1. The van der Waals surface area contributed by atoms with Gasteiger partial charge in [0.15, 0.2) is 0 Å². The van der Waals surface area contributed by atoms with Crippen LogP contribution in [0.3, 0.4) is 0 Å². The number of carbonyl (C=O) groups excluding carboxylic acids is 1. The monoisotopic (exact) mass is 209 g/mol. The molecule has 0 aromatic rings. The minimum Gasteiger partial charge on any atom is -0.377 e. The standard InChI is InChI=1S/C12H19NO2/c14-11-6-9-3-4-10(7-11)13(9)8-12-2-1-5-15-12/h9-10,12H,1-8H2. The van der Waals surface area contributed by atoms with Gasteiger partial charge in [0.25, 0.3) is 0 Å². The molecule has 0 amide bonds. The van der Waals surface area contributed by atoms with Gasteiger partial charge in [0.05, 0.1) is 6.10 Å². The number of carbonyl (C=O) groups is 1. The van der Waals surface area contributed by atoms with Crippen LogP contribution >= 0.6 is 0 Å². The zero-order chi connectivity index (χ0) is 10.3. The zero-order valence-corrected chi connectivity index (χ0v) is 9.15. The molecule has 0 N–H and O–H groups in total. The number of piperidine rings is 1. The molecule has 3 atom stereocenters. The molecule has 3 rings (SSSR count). The molecule has 3 aliphatic heterocycles. The molecule has 0 radical (unpaired) electrons. The van der Waals surface area contributed by atoms with Crippen molar-refractivity contribution < 1.29 is 9.53 Å². The van der Waals surface area contributed by atoms with Crippen molar-refractivity contribution >= 4 is 5.78 Å². The van der Waals surface area contributed by atoms with Gasteiger partial charge in [-0.25, -0.2) is 0 Å². The number of hydrogen-bond donors (Lipinski definition) is 0. The summed E-state index contributed by atoms with van der Waals surface area (Å²) in [7, 11) is 0. The van der Waals surface area contributed by atoms with Crippen molar-refractivity contribution in [3.8, 4) is 0 Å². The minimum atomic E-state index is 0.446. The first-order valence-electron chi connectivity index (χ1n) is 6.22. The Morgan fingerprint density at radius 2 is 1.93 bits per heavy atom. The van der Waals surface area contributed by atoms with Gasteiger partial charge in [-0.15, -0.1) is 0 Å². The van der Waals surface area contributed by atoms with Crippen LogP contribution in [0.4, 0.5) is 0 Å². The van der Waals surface area contributed by atoms with Crippen molar-refractivity contribution in [3.05, 3.63) is 0 Å². The van der Waals surface area contributed by atoms with Gasteiger partial charge in [0.1, 0.15) is 5.78 Å². The summed E-state index contributed by atoms with van der Waals surface area (Å²) in [6.07, 6.45) is 6.91. The number of hydrogen-bond acceptors (Lipinski definition) is 3. The molecule has 3 saturated heterocycles. The molecule has 3 fully saturated rings. The molecule has 0 aromatic heterocycles. The molecule has 3 heteroatoms. The molecule has 3 heterocycles. The van der Waals surface area contributed by atoms with E-state index in [2.05, 4.69) is 4.90 Å². The van der Waals surface area contributed by atoms with Crippen LogP contribution in [0.1, 0.15) is 38.5 Å². The van der Waals surface area contributed by atoms with Gasteiger partial charge in [-0.2, -0.15) is 0 Å². The lowest BCUT2D eigenvalue weighted by Crippen LogP contribution is -2.46. The Labute approximate surface area is 90.8 Å². The second-order valence-electron chi connectivity index (χ2n) is 5.16. The molecule has 84 valence electrons. The minimum absolute atomic E-state index is 0.446. The first-order chi connectivity index (χ1) is 7.33. The van der Waals surface area contributed by atoms with Crippen LogP contribution < -0.4 is 0 Å². The van der Waals surface area contributed by atoms with Gasteiger partial charge in [-0.1, -0.05) is 0 Å².